The normalized spacial score (nSPS) is 20.6. The van der Waals surface area contributed by atoms with Crippen LogP contribution in [-0.2, 0) is 0 Å². The van der Waals surface area contributed by atoms with Crippen molar-refractivity contribution < 1.29 is 9.47 Å². The standard InChI is InChI=1S/C11H15NO2/c1-13-8-4-5-11-9(7-8)10(12)3-2-6-14-11/h4-5,7,10H,2-3,6,12H2,1H3/t10-/m1/s1. The molecule has 0 amide bonds. The molecule has 14 heavy (non-hydrogen) atoms. The second kappa shape index (κ2) is 3.88. The molecule has 0 spiro atoms. The number of hydrogen-bond acceptors (Lipinski definition) is 3. The van der Waals surface area contributed by atoms with Crippen molar-refractivity contribution in [2.45, 2.75) is 18.9 Å². The fraction of sp³-hybridized carbons (Fsp3) is 0.455. The third-order valence-corrected chi connectivity index (χ3v) is 2.53. The summed E-state index contributed by atoms with van der Waals surface area (Å²) in [6.07, 6.45) is 1.98. The first-order valence-corrected chi connectivity index (χ1v) is 4.87. The Morgan fingerprint density at radius 1 is 1.50 bits per heavy atom. The van der Waals surface area contributed by atoms with Crippen molar-refractivity contribution in [3.8, 4) is 11.5 Å². The summed E-state index contributed by atoms with van der Waals surface area (Å²) in [4.78, 5) is 0. The minimum Gasteiger partial charge on any atom is -0.497 e. The van der Waals surface area contributed by atoms with Gasteiger partial charge in [-0.05, 0) is 31.0 Å². The summed E-state index contributed by atoms with van der Waals surface area (Å²) in [6, 6.07) is 5.87. The average Bonchev–Trinajstić information content (AvgIpc) is 2.40. The summed E-state index contributed by atoms with van der Waals surface area (Å²) in [5, 5.41) is 0. The molecule has 0 saturated carbocycles. The maximum absolute atomic E-state index is 6.03. The predicted molar refractivity (Wildman–Crippen MR) is 54.7 cm³/mol. The molecule has 76 valence electrons. The van der Waals surface area contributed by atoms with Gasteiger partial charge in [-0.1, -0.05) is 0 Å². The molecular formula is C11H15NO2. The van der Waals surface area contributed by atoms with Crippen LogP contribution in [0.2, 0.25) is 0 Å². The van der Waals surface area contributed by atoms with Gasteiger partial charge < -0.3 is 15.2 Å². The fourth-order valence-corrected chi connectivity index (χ4v) is 1.72. The van der Waals surface area contributed by atoms with Crippen molar-refractivity contribution in [2.75, 3.05) is 13.7 Å². The number of benzene rings is 1. The molecule has 1 aromatic carbocycles. The molecule has 0 unspecified atom stereocenters. The molecule has 1 aliphatic rings. The van der Waals surface area contributed by atoms with Crippen LogP contribution in [0.4, 0.5) is 0 Å². The zero-order chi connectivity index (χ0) is 9.97. The SMILES string of the molecule is COc1ccc2c(c1)[C@H](N)CCCO2. The second-order valence-electron chi connectivity index (χ2n) is 3.50. The van der Waals surface area contributed by atoms with Gasteiger partial charge in [0.1, 0.15) is 11.5 Å². The van der Waals surface area contributed by atoms with Gasteiger partial charge >= 0.3 is 0 Å². The molecule has 0 saturated heterocycles. The van der Waals surface area contributed by atoms with E-state index in [1.54, 1.807) is 7.11 Å². The number of ether oxygens (including phenoxy) is 2. The quantitative estimate of drug-likeness (QED) is 0.740. The summed E-state index contributed by atoms with van der Waals surface area (Å²) in [5.41, 5.74) is 7.09. The third kappa shape index (κ3) is 1.68. The highest BCUT2D eigenvalue weighted by molar-refractivity contribution is 5.42. The van der Waals surface area contributed by atoms with Crippen molar-refractivity contribution in [3.05, 3.63) is 23.8 Å². The highest BCUT2D eigenvalue weighted by Gasteiger charge is 2.16. The minimum absolute atomic E-state index is 0.0719. The second-order valence-corrected chi connectivity index (χ2v) is 3.50. The smallest absolute Gasteiger partial charge is 0.124 e. The Kier molecular flexibility index (Phi) is 2.59. The van der Waals surface area contributed by atoms with Gasteiger partial charge in [-0.3, -0.25) is 0 Å². The van der Waals surface area contributed by atoms with Crippen LogP contribution in [0.3, 0.4) is 0 Å². The largest absolute Gasteiger partial charge is 0.497 e. The van der Waals surface area contributed by atoms with Gasteiger partial charge in [0.15, 0.2) is 0 Å². The van der Waals surface area contributed by atoms with Crippen LogP contribution >= 0.6 is 0 Å². The maximum atomic E-state index is 6.03. The summed E-state index contributed by atoms with van der Waals surface area (Å²) < 4.78 is 10.7. The monoisotopic (exact) mass is 193 g/mol. The van der Waals surface area contributed by atoms with Gasteiger partial charge in [-0.25, -0.2) is 0 Å². The summed E-state index contributed by atoms with van der Waals surface area (Å²) in [5.74, 6) is 1.74. The molecule has 1 aliphatic heterocycles. The van der Waals surface area contributed by atoms with Crippen LogP contribution in [0.5, 0.6) is 11.5 Å². The molecule has 0 aliphatic carbocycles. The third-order valence-electron chi connectivity index (χ3n) is 2.53. The fourth-order valence-electron chi connectivity index (χ4n) is 1.72. The zero-order valence-corrected chi connectivity index (χ0v) is 8.32. The first kappa shape index (κ1) is 9.34. The van der Waals surface area contributed by atoms with Crippen molar-refractivity contribution in [2.24, 2.45) is 5.73 Å². The van der Waals surface area contributed by atoms with Crippen LogP contribution in [0, 0.1) is 0 Å². The maximum Gasteiger partial charge on any atom is 0.124 e. The van der Waals surface area contributed by atoms with Crippen LogP contribution in [0.1, 0.15) is 24.4 Å². The Bertz CT molecular complexity index is 325. The van der Waals surface area contributed by atoms with Crippen molar-refractivity contribution >= 4 is 0 Å². The van der Waals surface area contributed by atoms with Gasteiger partial charge in [-0.15, -0.1) is 0 Å². The molecule has 0 bridgehead atoms. The van der Waals surface area contributed by atoms with Crippen molar-refractivity contribution in [3.63, 3.8) is 0 Å². The van der Waals surface area contributed by atoms with E-state index in [0.717, 1.165) is 36.5 Å². The van der Waals surface area contributed by atoms with Gasteiger partial charge in [0.25, 0.3) is 0 Å². The summed E-state index contributed by atoms with van der Waals surface area (Å²) in [6.45, 7) is 0.757. The molecule has 0 radical (unpaired) electrons. The first-order chi connectivity index (χ1) is 6.81. The number of methoxy groups -OCH3 is 1. The van der Waals surface area contributed by atoms with E-state index in [1.807, 2.05) is 18.2 Å². The Hall–Kier alpha value is -1.22. The van der Waals surface area contributed by atoms with Gasteiger partial charge in [-0.2, -0.15) is 0 Å². The van der Waals surface area contributed by atoms with Crippen molar-refractivity contribution in [1.82, 2.24) is 0 Å². The number of nitrogens with two attached hydrogens (primary N) is 1. The Morgan fingerprint density at radius 2 is 2.36 bits per heavy atom. The molecule has 3 nitrogen and oxygen atoms in total. The van der Waals surface area contributed by atoms with E-state index < -0.39 is 0 Å². The molecule has 0 fully saturated rings. The van der Waals surface area contributed by atoms with Crippen LogP contribution in [0.15, 0.2) is 18.2 Å². The molecule has 1 atom stereocenters. The highest BCUT2D eigenvalue weighted by atomic mass is 16.5. The van der Waals surface area contributed by atoms with E-state index in [1.165, 1.54) is 0 Å². The molecule has 2 rings (SSSR count). The topological polar surface area (TPSA) is 44.5 Å². The minimum atomic E-state index is 0.0719. The van der Waals surface area contributed by atoms with E-state index in [0.29, 0.717) is 0 Å². The Labute approximate surface area is 83.8 Å². The Balaban J connectivity index is 2.39. The lowest BCUT2D eigenvalue weighted by Gasteiger charge is -2.12. The lowest BCUT2D eigenvalue weighted by Crippen LogP contribution is -2.09. The molecular weight excluding hydrogens is 178 g/mol. The Morgan fingerprint density at radius 3 is 3.14 bits per heavy atom. The average molecular weight is 193 g/mol. The molecule has 1 aromatic rings. The molecule has 3 heteroatoms. The van der Waals surface area contributed by atoms with E-state index in [4.69, 9.17) is 15.2 Å². The van der Waals surface area contributed by atoms with Crippen LogP contribution in [0.25, 0.3) is 0 Å². The number of hydrogen-bond donors (Lipinski definition) is 1. The summed E-state index contributed by atoms with van der Waals surface area (Å²) >= 11 is 0. The first-order valence-electron chi connectivity index (χ1n) is 4.87. The zero-order valence-electron chi connectivity index (χ0n) is 8.32. The van der Waals surface area contributed by atoms with Crippen molar-refractivity contribution in [1.29, 1.82) is 0 Å². The van der Waals surface area contributed by atoms with Gasteiger partial charge in [0.05, 0.1) is 13.7 Å². The highest BCUT2D eigenvalue weighted by Crippen LogP contribution is 2.32. The van der Waals surface area contributed by atoms with Crippen LogP contribution < -0.4 is 15.2 Å². The number of rotatable bonds is 1. The lowest BCUT2D eigenvalue weighted by molar-refractivity contribution is 0.315. The molecule has 1 heterocycles. The van der Waals surface area contributed by atoms with Crippen LogP contribution in [-0.4, -0.2) is 13.7 Å². The predicted octanol–water partition coefficient (Wildman–Crippen LogP) is 1.87. The van der Waals surface area contributed by atoms with E-state index in [2.05, 4.69) is 0 Å². The lowest BCUT2D eigenvalue weighted by atomic mass is 10.0. The van der Waals surface area contributed by atoms with E-state index in [9.17, 15) is 0 Å². The van der Waals surface area contributed by atoms with E-state index >= 15 is 0 Å². The van der Waals surface area contributed by atoms with E-state index in [-0.39, 0.29) is 6.04 Å². The molecule has 2 N–H and O–H groups in total. The van der Waals surface area contributed by atoms with Gasteiger partial charge in [0.2, 0.25) is 0 Å². The number of fused-ring (bicyclic) bond motifs is 1. The van der Waals surface area contributed by atoms with Gasteiger partial charge in [0, 0.05) is 11.6 Å². The summed E-state index contributed by atoms with van der Waals surface area (Å²) in [7, 11) is 1.66. The molecule has 0 aromatic heterocycles.